The molecule has 176 valence electrons. The third-order valence-corrected chi connectivity index (χ3v) is 7.40. The average molecular weight is 480 g/mol. The number of nitrogens with one attached hydrogen (secondary N) is 1. The molecule has 2 heterocycles. The Morgan fingerprint density at radius 1 is 0.971 bits per heavy atom. The number of hydrogen-bond acceptors (Lipinski definition) is 8. The quantitative estimate of drug-likeness (QED) is 0.304. The Bertz CT molecular complexity index is 1350. The van der Waals surface area contributed by atoms with E-state index in [1.807, 2.05) is 60.7 Å². The van der Waals surface area contributed by atoms with E-state index in [1.165, 1.54) is 0 Å². The number of benzene rings is 3. The van der Waals surface area contributed by atoms with Crippen LogP contribution in [0.2, 0.25) is 0 Å². The second-order valence-corrected chi connectivity index (χ2v) is 9.51. The van der Waals surface area contributed by atoms with E-state index in [4.69, 9.17) is 22.9 Å². The minimum absolute atomic E-state index is 0.125. The van der Waals surface area contributed by atoms with E-state index in [0.717, 1.165) is 21.9 Å². The lowest BCUT2D eigenvalue weighted by atomic mass is 10.0. The Balaban J connectivity index is 1.55. The van der Waals surface area contributed by atoms with Gasteiger partial charge in [-0.3, -0.25) is 4.57 Å². The molecule has 0 saturated heterocycles. The van der Waals surface area contributed by atoms with Gasteiger partial charge in [0.15, 0.2) is 11.5 Å². The van der Waals surface area contributed by atoms with E-state index in [2.05, 4.69) is 10.3 Å². The number of anilines is 1. The van der Waals surface area contributed by atoms with Crippen LogP contribution in [-0.2, 0) is 20.2 Å². The highest BCUT2D eigenvalue weighted by atomic mass is 31.2. The summed E-state index contributed by atoms with van der Waals surface area (Å²) in [6.07, 6.45) is 0. The molecular formula is C25H25N2O6P. The lowest BCUT2D eigenvalue weighted by Crippen LogP contribution is -2.16. The van der Waals surface area contributed by atoms with Crippen molar-refractivity contribution in [2.45, 2.75) is 20.4 Å². The number of fused-ring (bicyclic) bond motifs is 2. The molecule has 0 atom stereocenters. The van der Waals surface area contributed by atoms with Gasteiger partial charge in [0, 0.05) is 12.1 Å². The van der Waals surface area contributed by atoms with Gasteiger partial charge >= 0.3 is 7.60 Å². The molecule has 4 aromatic rings. The maximum absolute atomic E-state index is 13.7. The van der Waals surface area contributed by atoms with Crippen molar-refractivity contribution in [3.8, 4) is 23.0 Å². The molecule has 0 radical (unpaired) electrons. The Kier molecular flexibility index (Phi) is 6.28. The molecule has 1 aliphatic heterocycles. The van der Waals surface area contributed by atoms with Crippen molar-refractivity contribution in [2.24, 2.45) is 0 Å². The van der Waals surface area contributed by atoms with Crippen molar-refractivity contribution in [3.63, 3.8) is 0 Å². The first kappa shape index (κ1) is 22.5. The van der Waals surface area contributed by atoms with Crippen molar-refractivity contribution in [3.05, 3.63) is 66.2 Å². The number of oxazole rings is 1. The minimum Gasteiger partial charge on any atom is -0.454 e. The van der Waals surface area contributed by atoms with Crippen LogP contribution in [0.3, 0.4) is 0 Å². The van der Waals surface area contributed by atoms with Crippen molar-refractivity contribution >= 4 is 29.7 Å². The zero-order valence-corrected chi connectivity index (χ0v) is 19.8. The molecule has 0 saturated carbocycles. The molecule has 9 heteroatoms. The van der Waals surface area contributed by atoms with Gasteiger partial charge in [-0.15, -0.1) is 0 Å². The monoisotopic (exact) mass is 480 g/mol. The number of nitrogens with zero attached hydrogens (tertiary/aromatic N) is 1. The van der Waals surface area contributed by atoms with Crippen LogP contribution in [0.15, 0.2) is 65.1 Å². The second-order valence-electron chi connectivity index (χ2n) is 7.57. The molecule has 3 aromatic carbocycles. The van der Waals surface area contributed by atoms with Crippen LogP contribution in [-0.4, -0.2) is 25.0 Å². The highest BCUT2D eigenvalue weighted by Gasteiger charge is 2.36. The molecule has 5 rings (SSSR count). The molecule has 1 aromatic heterocycles. The Morgan fingerprint density at radius 2 is 1.74 bits per heavy atom. The fourth-order valence-electron chi connectivity index (χ4n) is 3.87. The molecule has 34 heavy (non-hydrogen) atoms. The van der Waals surface area contributed by atoms with E-state index in [0.29, 0.717) is 23.9 Å². The molecule has 0 spiro atoms. The summed E-state index contributed by atoms with van der Waals surface area (Å²) in [6, 6.07) is 19.5. The van der Waals surface area contributed by atoms with Gasteiger partial charge in [0.2, 0.25) is 24.0 Å². The third-order valence-electron chi connectivity index (χ3n) is 5.38. The summed E-state index contributed by atoms with van der Waals surface area (Å²) in [6.45, 7) is 4.52. The summed E-state index contributed by atoms with van der Waals surface area (Å²) in [5.41, 5.74) is 1.84. The largest absolute Gasteiger partial charge is 0.454 e. The Labute approximate surface area is 197 Å². The fourth-order valence-corrected chi connectivity index (χ4v) is 5.46. The van der Waals surface area contributed by atoms with E-state index >= 15 is 0 Å². The normalized spacial score (nSPS) is 12.9. The highest BCUT2D eigenvalue weighted by Crippen LogP contribution is 2.49. The lowest BCUT2D eigenvalue weighted by molar-refractivity contribution is 0.174. The molecule has 1 N–H and O–H groups in total. The first-order valence-electron chi connectivity index (χ1n) is 11.1. The first-order valence-corrected chi connectivity index (χ1v) is 12.7. The van der Waals surface area contributed by atoms with Crippen LogP contribution in [0.4, 0.5) is 5.88 Å². The molecular weight excluding hydrogens is 455 g/mol. The highest BCUT2D eigenvalue weighted by molar-refractivity contribution is 7.62. The zero-order chi connectivity index (χ0) is 23.5. The van der Waals surface area contributed by atoms with Crippen LogP contribution in [0.1, 0.15) is 19.4 Å². The van der Waals surface area contributed by atoms with Gasteiger partial charge in [-0.25, -0.2) is 0 Å². The van der Waals surface area contributed by atoms with Gasteiger partial charge in [0.25, 0.3) is 0 Å². The second kappa shape index (κ2) is 9.50. The number of aromatic nitrogens is 1. The van der Waals surface area contributed by atoms with Crippen LogP contribution < -0.4 is 20.2 Å². The standard InChI is InChI=1S/C25H25N2O6P/c1-3-31-34(28,32-4-2)25-24(26-15-17-12-13-21-22(14-17)30-16-29-21)33-23(27-25)20-11-7-9-18-8-5-6-10-19(18)20/h5-14,26H,3-4,15-16H2,1-2H3. The van der Waals surface area contributed by atoms with Crippen LogP contribution in [0.25, 0.3) is 22.2 Å². The maximum Gasteiger partial charge on any atom is 0.385 e. The molecule has 0 aliphatic carbocycles. The zero-order valence-electron chi connectivity index (χ0n) is 18.9. The predicted molar refractivity (Wildman–Crippen MR) is 130 cm³/mol. The van der Waals surface area contributed by atoms with E-state index < -0.39 is 7.60 Å². The Morgan fingerprint density at radius 3 is 2.56 bits per heavy atom. The summed E-state index contributed by atoms with van der Waals surface area (Å²) in [4.78, 5) is 4.62. The van der Waals surface area contributed by atoms with E-state index in [9.17, 15) is 4.57 Å². The SMILES string of the molecule is CCOP(=O)(OCC)c1nc(-c2cccc3ccccc23)oc1NCc1ccc2c(c1)OCO2. The maximum atomic E-state index is 13.7. The molecule has 0 unspecified atom stereocenters. The molecule has 0 bridgehead atoms. The van der Waals surface area contributed by atoms with Crippen LogP contribution >= 0.6 is 7.60 Å². The van der Waals surface area contributed by atoms with Crippen molar-refractivity contribution in [2.75, 3.05) is 25.3 Å². The molecule has 0 amide bonds. The summed E-state index contributed by atoms with van der Waals surface area (Å²) < 4.78 is 41.8. The molecule has 0 fully saturated rings. The van der Waals surface area contributed by atoms with Crippen LogP contribution in [0, 0.1) is 0 Å². The smallest absolute Gasteiger partial charge is 0.385 e. The van der Waals surface area contributed by atoms with Gasteiger partial charge in [-0.05, 0) is 48.4 Å². The van der Waals surface area contributed by atoms with Gasteiger partial charge in [-0.2, -0.15) is 4.98 Å². The summed E-state index contributed by atoms with van der Waals surface area (Å²) in [7, 11) is -3.72. The fraction of sp³-hybridized carbons (Fsp3) is 0.240. The van der Waals surface area contributed by atoms with Gasteiger partial charge < -0.3 is 28.3 Å². The average Bonchev–Trinajstić information content (AvgIpc) is 3.50. The van der Waals surface area contributed by atoms with Gasteiger partial charge in [0.05, 0.1) is 13.2 Å². The van der Waals surface area contributed by atoms with Gasteiger partial charge in [-0.1, -0.05) is 42.5 Å². The first-order chi connectivity index (χ1) is 16.6. The molecule has 8 nitrogen and oxygen atoms in total. The summed E-state index contributed by atoms with van der Waals surface area (Å²) in [5.74, 6) is 1.97. The number of rotatable bonds is 9. The van der Waals surface area contributed by atoms with E-state index in [1.54, 1.807) is 13.8 Å². The minimum atomic E-state index is -3.72. The lowest BCUT2D eigenvalue weighted by Gasteiger charge is -2.15. The summed E-state index contributed by atoms with van der Waals surface area (Å²) in [5, 5.41) is 5.25. The third kappa shape index (κ3) is 4.28. The van der Waals surface area contributed by atoms with Crippen molar-refractivity contribution < 1.29 is 27.5 Å². The van der Waals surface area contributed by atoms with Crippen LogP contribution in [0.5, 0.6) is 11.5 Å². The van der Waals surface area contributed by atoms with E-state index in [-0.39, 0.29) is 31.3 Å². The molecule has 1 aliphatic rings. The number of ether oxygens (including phenoxy) is 2. The van der Waals surface area contributed by atoms with Crippen molar-refractivity contribution in [1.29, 1.82) is 0 Å². The predicted octanol–water partition coefficient (Wildman–Crippen LogP) is 5.73. The Hall–Kier alpha value is -3.32. The topological polar surface area (TPSA) is 92.1 Å². The van der Waals surface area contributed by atoms with Crippen molar-refractivity contribution in [1.82, 2.24) is 4.98 Å². The number of hydrogen-bond donors (Lipinski definition) is 1. The van der Waals surface area contributed by atoms with Gasteiger partial charge in [0.1, 0.15) is 0 Å². The summed E-state index contributed by atoms with van der Waals surface area (Å²) >= 11 is 0.